The highest BCUT2D eigenvalue weighted by Gasteiger charge is 2.25. The molecule has 1 heterocycles. The molecular formula is C23H18N6O8S. The van der Waals surface area contributed by atoms with Crippen molar-refractivity contribution in [1.82, 2.24) is 14.8 Å². The number of hydrazone groups is 1. The van der Waals surface area contributed by atoms with Crippen LogP contribution in [0.3, 0.4) is 0 Å². The summed E-state index contributed by atoms with van der Waals surface area (Å²) in [6.07, 6.45) is -1.75. The average molecular weight is 538 g/mol. The maximum Gasteiger partial charge on any atom is 0.276 e. The lowest BCUT2D eigenvalue weighted by Gasteiger charge is -2.14. The van der Waals surface area contributed by atoms with E-state index in [9.17, 15) is 38.5 Å². The molecule has 0 aliphatic carbocycles. The first-order chi connectivity index (χ1) is 18.0. The fourth-order valence-corrected chi connectivity index (χ4v) is 4.24. The summed E-state index contributed by atoms with van der Waals surface area (Å²) in [5, 5.41) is 36.9. The standard InChI is InChI=1S/C23H18N6O8S/c1-13-2-9-17(10-3-13)38(36,37)27-26-20(22(30)14-4-6-15(7-5-14)28(32)33)21-23(31)25-19-12-16(29(34)35)8-11-18(19)24-21/h2-12,22,27,30H,1H3,(H,25,31)/b26-20+/t22-/m1/s1. The summed E-state index contributed by atoms with van der Waals surface area (Å²) in [6, 6.07) is 14.0. The number of rotatable bonds is 8. The number of aliphatic hydroxyl groups is 1. The number of aliphatic hydroxyl groups excluding tert-OH is 1. The maximum atomic E-state index is 12.9. The molecule has 0 saturated carbocycles. The lowest BCUT2D eigenvalue weighted by atomic mass is 10.0. The van der Waals surface area contributed by atoms with Crippen LogP contribution in [0.2, 0.25) is 0 Å². The summed E-state index contributed by atoms with van der Waals surface area (Å²) in [6.45, 7) is 1.77. The second kappa shape index (κ2) is 10.2. The molecular weight excluding hydrogens is 520 g/mol. The second-order valence-electron chi connectivity index (χ2n) is 8.03. The van der Waals surface area contributed by atoms with Gasteiger partial charge < -0.3 is 10.1 Å². The summed E-state index contributed by atoms with van der Waals surface area (Å²) in [4.78, 5) is 42.1. The van der Waals surface area contributed by atoms with Gasteiger partial charge in [-0.1, -0.05) is 17.7 Å². The van der Waals surface area contributed by atoms with Crippen LogP contribution in [0, 0.1) is 27.2 Å². The third-order valence-corrected chi connectivity index (χ3v) is 6.65. The molecule has 3 aromatic carbocycles. The van der Waals surface area contributed by atoms with Gasteiger partial charge in [0, 0.05) is 24.3 Å². The molecule has 0 bridgehead atoms. The maximum absolute atomic E-state index is 12.9. The van der Waals surface area contributed by atoms with E-state index >= 15 is 0 Å². The van der Waals surface area contributed by atoms with Crippen molar-refractivity contribution in [2.75, 3.05) is 0 Å². The first kappa shape index (κ1) is 26.1. The highest BCUT2D eigenvalue weighted by atomic mass is 32.2. The lowest BCUT2D eigenvalue weighted by molar-refractivity contribution is -0.385. The number of hydrogen-bond donors (Lipinski definition) is 3. The summed E-state index contributed by atoms with van der Waals surface area (Å²) >= 11 is 0. The summed E-state index contributed by atoms with van der Waals surface area (Å²) in [5.74, 6) is 0. The Hall–Kier alpha value is -5.02. The fourth-order valence-electron chi connectivity index (χ4n) is 3.42. The Balaban J connectivity index is 1.83. The van der Waals surface area contributed by atoms with Crippen LogP contribution in [0.4, 0.5) is 11.4 Å². The van der Waals surface area contributed by atoms with Crippen molar-refractivity contribution in [3.05, 3.63) is 114 Å². The molecule has 0 spiro atoms. The van der Waals surface area contributed by atoms with Gasteiger partial charge in [-0.15, -0.1) is 0 Å². The second-order valence-corrected chi connectivity index (χ2v) is 9.69. The number of sulfonamides is 1. The molecule has 0 amide bonds. The number of nitro benzene ring substituents is 2. The van der Waals surface area contributed by atoms with Gasteiger partial charge in [-0.2, -0.15) is 18.4 Å². The van der Waals surface area contributed by atoms with E-state index in [0.29, 0.717) is 0 Å². The highest BCUT2D eigenvalue weighted by molar-refractivity contribution is 7.89. The van der Waals surface area contributed by atoms with Crippen molar-refractivity contribution in [3.8, 4) is 0 Å². The summed E-state index contributed by atoms with van der Waals surface area (Å²) in [5.41, 5.74) is -1.50. The van der Waals surface area contributed by atoms with Gasteiger partial charge in [-0.05, 0) is 42.8 Å². The minimum atomic E-state index is -4.24. The predicted octanol–water partition coefficient (Wildman–Crippen LogP) is 2.46. The molecule has 15 heteroatoms. The van der Waals surface area contributed by atoms with E-state index in [4.69, 9.17) is 0 Å². The number of aromatic nitrogens is 2. The van der Waals surface area contributed by atoms with Crippen LogP contribution in [-0.2, 0) is 10.0 Å². The third-order valence-electron chi connectivity index (χ3n) is 5.43. The molecule has 0 saturated heterocycles. The summed E-state index contributed by atoms with van der Waals surface area (Å²) < 4.78 is 25.6. The van der Waals surface area contributed by atoms with Gasteiger partial charge in [0.25, 0.3) is 27.0 Å². The Kier molecular flexibility index (Phi) is 6.96. The first-order valence-electron chi connectivity index (χ1n) is 10.7. The fraction of sp³-hybridized carbons (Fsp3) is 0.0870. The minimum Gasteiger partial charge on any atom is -0.382 e. The zero-order chi connectivity index (χ0) is 27.6. The molecule has 1 aromatic heterocycles. The van der Waals surface area contributed by atoms with Crippen molar-refractivity contribution in [2.45, 2.75) is 17.9 Å². The molecule has 0 aliphatic rings. The van der Waals surface area contributed by atoms with Crippen molar-refractivity contribution in [3.63, 3.8) is 0 Å². The smallest absolute Gasteiger partial charge is 0.276 e. The number of nitrogens with one attached hydrogen (secondary N) is 2. The van der Waals surface area contributed by atoms with E-state index < -0.39 is 42.9 Å². The van der Waals surface area contributed by atoms with Crippen LogP contribution < -0.4 is 10.4 Å². The van der Waals surface area contributed by atoms with Crippen LogP contribution in [0.5, 0.6) is 0 Å². The average Bonchev–Trinajstić information content (AvgIpc) is 2.88. The highest BCUT2D eigenvalue weighted by Crippen LogP contribution is 2.23. The van der Waals surface area contributed by atoms with E-state index in [0.717, 1.165) is 29.8 Å². The first-order valence-corrected chi connectivity index (χ1v) is 12.2. The van der Waals surface area contributed by atoms with Gasteiger partial charge in [0.05, 0.1) is 25.8 Å². The van der Waals surface area contributed by atoms with Crippen LogP contribution in [0.25, 0.3) is 11.0 Å². The third kappa shape index (κ3) is 5.37. The topological polar surface area (TPSA) is 211 Å². The number of aromatic amines is 1. The molecule has 4 rings (SSSR count). The zero-order valence-electron chi connectivity index (χ0n) is 19.4. The van der Waals surface area contributed by atoms with Gasteiger partial charge in [0.15, 0.2) is 5.69 Å². The van der Waals surface area contributed by atoms with Crippen molar-refractivity contribution in [1.29, 1.82) is 0 Å². The molecule has 0 unspecified atom stereocenters. The molecule has 14 nitrogen and oxygen atoms in total. The SMILES string of the molecule is Cc1ccc(S(=O)(=O)N/N=C(\c2nc3ccc([N+](=O)[O-])cc3[nH]c2=O)[C@H](O)c2ccc([N+](=O)[O-])cc2)cc1. The number of fused-ring (bicyclic) bond motifs is 1. The van der Waals surface area contributed by atoms with Gasteiger partial charge >= 0.3 is 0 Å². The number of non-ortho nitro benzene ring substituents is 2. The Morgan fingerprint density at radius 2 is 1.61 bits per heavy atom. The zero-order valence-corrected chi connectivity index (χ0v) is 20.2. The molecule has 1 atom stereocenters. The van der Waals surface area contributed by atoms with E-state index in [2.05, 4.69) is 15.1 Å². The number of benzene rings is 3. The van der Waals surface area contributed by atoms with Crippen molar-refractivity contribution < 1.29 is 23.4 Å². The molecule has 4 aromatic rings. The van der Waals surface area contributed by atoms with Crippen LogP contribution in [0.1, 0.15) is 22.9 Å². The van der Waals surface area contributed by atoms with E-state index in [-0.39, 0.29) is 32.9 Å². The van der Waals surface area contributed by atoms with Crippen LogP contribution in [-0.4, -0.2) is 39.1 Å². The number of nitrogens with zero attached hydrogens (tertiary/aromatic N) is 4. The normalized spacial score (nSPS) is 12.7. The van der Waals surface area contributed by atoms with Crippen molar-refractivity contribution >= 4 is 38.1 Å². The van der Waals surface area contributed by atoms with Gasteiger partial charge in [-0.25, -0.2) is 4.98 Å². The van der Waals surface area contributed by atoms with E-state index in [1.165, 1.54) is 30.3 Å². The largest absolute Gasteiger partial charge is 0.382 e. The number of aryl methyl sites for hydroxylation is 1. The Bertz CT molecular complexity index is 1750. The Morgan fingerprint density at radius 3 is 2.21 bits per heavy atom. The Morgan fingerprint density at radius 1 is 1.00 bits per heavy atom. The quantitative estimate of drug-likeness (QED) is 0.170. The molecule has 0 aliphatic heterocycles. The number of H-pyrrole nitrogens is 1. The van der Waals surface area contributed by atoms with Gasteiger partial charge in [0.2, 0.25) is 0 Å². The van der Waals surface area contributed by atoms with Crippen LogP contribution >= 0.6 is 0 Å². The molecule has 194 valence electrons. The van der Waals surface area contributed by atoms with E-state index in [1.54, 1.807) is 19.1 Å². The molecule has 38 heavy (non-hydrogen) atoms. The minimum absolute atomic E-state index is 0.0253. The lowest BCUT2D eigenvalue weighted by Crippen LogP contribution is -2.29. The molecule has 3 N–H and O–H groups in total. The van der Waals surface area contributed by atoms with Crippen LogP contribution in [0.15, 0.2) is 81.5 Å². The van der Waals surface area contributed by atoms with Gasteiger partial charge in [-0.3, -0.25) is 25.0 Å². The van der Waals surface area contributed by atoms with Gasteiger partial charge in [0.1, 0.15) is 11.8 Å². The Labute approximate surface area is 213 Å². The van der Waals surface area contributed by atoms with E-state index in [1.807, 2.05) is 4.83 Å². The predicted molar refractivity (Wildman–Crippen MR) is 135 cm³/mol. The number of nitro groups is 2. The molecule has 0 fully saturated rings. The number of hydrogen-bond acceptors (Lipinski definition) is 10. The van der Waals surface area contributed by atoms with Crippen molar-refractivity contribution in [2.24, 2.45) is 5.10 Å². The molecule has 0 radical (unpaired) electrons. The monoisotopic (exact) mass is 538 g/mol. The summed E-state index contributed by atoms with van der Waals surface area (Å²) in [7, 11) is -4.24.